The molecule has 0 radical (unpaired) electrons. The van der Waals surface area contributed by atoms with Gasteiger partial charge in [0.2, 0.25) is 0 Å². The number of carbonyl (C=O) groups is 1. The first-order chi connectivity index (χ1) is 12.3. The van der Waals surface area contributed by atoms with Crippen LogP contribution in [0.1, 0.15) is 10.4 Å². The zero-order chi connectivity index (χ0) is 17.1. The van der Waals surface area contributed by atoms with Crippen molar-refractivity contribution >= 4 is 44.0 Å². The van der Waals surface area contributed by atoms with Crippen molar-refractivity contribution in [3.8, 4) is 0 Å². The molecule has 0 aliphatic carbocycles. The van der Waals surface area contributed by atoms with Crippen LogP contribution in [0.15, 0.2) is 78.9 Å². The molecule has 0 fully saturated rings. The Morgan fingerprint density at radius 2 is 1.52 bits per heavy atom. The smallest absolute Gasteiger partial charge is 0.255 e. The number of fused-ring (bicyclic) bond motifs is 1. The topological polar surface area (TPSA) is 54.0 Å². The number of thiazole rings is 1. The molecule has 0 aliphatic heterocycles. The lowest BCUT2D eigenvalue weighted by Crippen LogP contribution is -2.11. The highest BCUT2D eigenvalue weighted by Crippen LogP contribution is 2.29. The zero-order valence-corrected chi connectivity index (χ0v) is 14.1. The number of anilines is 3. The summed E-state index contributed by atoms with van der Waals surface area (Å²) in [7, 11) is 0. The van der Waals surface area contributed by atoms with Crippen molar-refractivity contribution in [2.45, 2.75) is 0 Å². The molecule has 0 saturated heterocycles. The lowest BCUT2D eigenvalue weighted by molar-refractivity contribution is 0.102. The summed E-state index contributed by atoms with van der Waals surface area (Å²) in [5.41, 5.74) is 3.26. The third-order valence-electron chi connectivity index (χ3n) is 3.71. The van der Waals surface area contributed by atoms with Gasteiger partial charge in [-0.05, 0) is 42.5 Å². The van der Waals surface area contributed by atoms with Gasteiger partial charge in [-0.1, -0.05) is 47.7 Å². The molecule has 0 aliphatic rings. The van der Waals surface area contributed by atoms with E-state index in [1.807, 2.05) is 72.8 Å². The Labute approximate surface area is 149 Å². The molecular weight excluding hydrogens is 330 g/mol. The van der Waals surface area contributed by atoms with Crippen LogP contribution in [0, 0.1) is 0 Å². The molecule has 1 heterocycles. The maximum absolute atomic E-state index is 12.4. The summed E-state index contributed by atoms with van der Waals surface area (Å²) in [6.07, 6.45) is 0. The summed E-state index contributed by atoms with van der Waals surface area (Å²) in [5, 5.41) is 7.00. The highest BCUT2D eigenvalue weighted by molar-refractivity contribution is 7.22. The molecule has 0 bridgehead atoms. The Hall–Kier alpha value is -3.18. The number of para-hydroxylation sites is 2. The molecule has 0 saturated carbocycles. The average Bonchev–Trinajstić information content (AvgIpc) is 3.04. The number of aromatic nitrogens is 1. The van der Waals surface area contributed by atoms with Crippen molar-refractivity contribution in [3.05, 3.63) is 84.4 Å². The summed E-state index contributed by atoms with van der Waals surface area (Å²) in [6.45, 7) is 0. The fraction of sp³-hybridized carbons (Fsp3) is 0. The van der Waals surface area contributed by atoms with Gasteiger partial charge in [0, 0.05) is 16.9 Å². The second kappa shape index (κ2) is 6.75. The van der Waals surface area contributed by atoms with Crippen LogP contribution < -0.4 is 10.6 Å². The normalized spacial score (nSPS) is 10.6. The maximum Gasteiger partial charge on any atom is 0.255 e. The number of rotatable bonds is 4. The number of amides is 1. The average molecular weight is 345 g/mol. The Morgan fingerprint density at radius 1 is 0.840 bits per heavy atom. The van der Waals surface area contributed by atoms with E-state index in [1.54, 1.807) is 6.07 Å². The molecule has 0 unspecified atom stereocenters. The van der Waals surface area contributed by atoms with Crippen molar-refractivity contribution < 1.29 is 4.79 Å². The second-order valence-electron chi connectivity index (χ2n) is 5.51. The fourth-order valence-electron chi connectivity index (χ4n) is 2.49. The summed E-state index contributed by atoms with van der Waals surface area (Å²) in [4.78, 5) is 17.0. The predicted octanol–water partition coefficient (Wildman–Crippen LogP) is 5.29. The van der Waals surface area contributed by atoms with Gasteiger partial charge < -0.3 is 10.6 Å². The third-order valence-corrected chi connectivity index (χ3v) is 4.64. The van der Waals surface area contributed by atoms with Crippen molar-refractivity contribution in [1.29, 1.82) is 0 Å². The van der Waals surface area contributed by atoms with Gasteiger partial charge in [-0.25, -0.2) is 4.98 Å². The van der Waals surface area contributed by atoms with Crippen molar-refractivity contribution in [2.24, 2.45) is 0 Å². The molecule has 4 nitrogen and oxygen atoms in total. The van der Waals surface area contributed by atoms with Crippen LogP contribution in [-0.4, -0.2) is 10.9 Å². The molecule has 2 N–H and O–H groups in total. The van der Waals surface area contributed by atoms with E-state index >= 15 is 0 Å². The molecule has 1 aromatic heterocycles. The molecule has 0 atom stereocenters. The van der Waals surface area contributed by atoms with E-state index < -0.39 is 0 Å². The highest BCUT2D eigenvalue weighted by Gasteiger charge is 2.10. The Bertz CT molecular complexity index is 1010. The highest BCUT2D eigenvalue weighted by atomic mass is 32.1. The van der Waals surface area contributed by atoms with Crippen LogP contribution in [0.2, 0.25) is 0 Å². The molecular formula is C20H15N3OS. The quantitative estimate of drug-likeness (QED) is 0.528. The molecule has 3 aromatic carbocycles. The van der Waals surface area contributed by atoms with Gasteiger partial charge in [0.05, 0.1) is 10.2 Å². The number of nitrogens with one attached hydrogen (secondary N) is 2. The van der Waals surface area contributed by atoms with Gasteiger partial charge in [0.15, 0.2) is 5.13 Å². The molecule has 4 rings (SSSR count). The minimum absolute atomic E-state index is 0.126. The van der Waals surface area contributed by atoms with Gasteiger partial charge >= 0.3 is 0 Å². The minimum Gasteiger partial charge on any atom is -0.332 e. The fourth-order valence-corrected chi connectivity index (χ4v) is 3.41. The number of carbonyl (C=O) groups excluding carboxylic acids is 1. The van der Waals surface area contributed by atoms with E-state index in [2.05, 4.69) is 15.6 Å². The van der Waals surface area contributed by atoms with E-state index in [9.17, 15) is 4.79 Å². The van der Waals surface area contributed by atoms with Crippen LogP contribution in [0.3, 0.4) is 0 Å². The van der Waals surface area contributed by atoms with E-state index in [1.165, 1.54) is 11.3 Å². The van der Waals surface area contributed by atoms with Crippen LogP contribution in [0.25, 0.3) is 10.2 Å². The first-order valence-electron chi connectivity index (χ1n) is 7.87. The molecule has 4 aromatic rings. The van der Waals surface area contributed by atoms with E-state index in [4.69, 9.17) is 0 Å². The van der Waals surface area contributed by atoms with Crippen molar-refractivity contribution in [3.63, 3.8) is 0 Å². The first-order valence-corrected chi connectivity index (χ1v) is 8.69. The molecule has 25 heavy (non-hydrogen) atoms. The summed E-state index contributed by atoms with van der Waals surface area (Å²) < 4.78 is 0.971. The minimum atomic E-state index is -0.126. The predicted molar refractivity (Wildman–Crippen MR) is 104 cm³/mol. The van der Waals surface area contributed by atoms with Crippen LogP contribution in [0.4, 0.5) is 16.5 Å². The van der Waals surface area contributed by atoms with Gasteiger partial charge in [-0.15, -0.1) is 0 Å². The van der Waals surface area contributed by atoms with Crippen molar-refractivity contribution in [1.82, 2.24) is 4.98 Å². The van der Waals surface area contributed by atoms with Gasteiger partial charge in [0.25, 0.3) is 5.91 Å². The Balaban J connectivity index is 1.56. The number of hydrogen-bond acceptors (Lipinski definition) is 4. The van der Waals surface area contributed by atoms with Crippen LogP contribution in [0.5, 0.6) is 0 Å². The summed E-state index contributed by atoms with van der Waals surface area (Å²) >= 11 is 1.53. The number of nitrogens with zero attached hydrogens (tertiary/aromatic N) is 1. The Morgan fingerprint density at radius 3 is 2.24 bits per heavy atom. The SMILES string of the molecule is O=C(Nc1ccccc1)c1ccc2nc(Nc3ccccc3)sc2c1. The van der Waals surface area contributed by atoms with E-state index in [0.29, 0.717) is 5.56 Å². The van der Waals surface area contributed by atoms with E-state index in [0.717, 1.165) is 26.7 Å². The lowest BCUT2D eigenvalue weighted by atomic mass is 10.2. The molecule has 1 amide bonds. The standard InChI is InChI=1S/C20H15N3OS/c24-19(21-15-7-3-1-4-8-15)14-11-12-17-18(13-14)25-20(23-17)22-16-9-5-2-6-10-16/h1-13H,(H,21,24)(H,22,23). The van der Waals surface area contributed by atoms with E-state index in [-0.39, 0.29) is 5.91 Å². The van der Waals surface area contributed by atoms with Crippen LogP contribution in [-0.2, 0) is 0 Å². The zero-order valence-electron chi connectivity index (χ0n) is 13.3. The first kappa shape index (κ1) is 15.4. The molecule has 5 heteroatoms. The summed E-state index contributed by atoms with van der Waals surface area (Å²) in [6, 6.07) is 24.9. The van der Waals surface area contributed by atoms with Gasteiger partial charge in [-0.2, -0.15) is 0 Å². The van der Waals surface area contributed by atoms with Crippen molar-refractivity contribution in [2.75, 3.05) is 10.6 Å². The monoisotopic (exact) mass is 345 g/mol. The lowest BCUT2D eigenvalue weighted by Gasteiger charge is -2.04. The molecule has 0 spiro atoms. The Kier molecular flexibility index (Phi) is 4.14. The number of benzene rings is 3. The maximum atomic E-state index is 12.4. The van der Waals surface area contributed by atoms with Gasteiger partial charge in [0.1, 0.15) is 0 Å². The largest absolute Gasteiger partial charge is 0.332 e. The van der Waals surface area contributed by atoms with Gasteiger partial charge in [-0.3, -0.25) is 4.79 Å². The third kappa shape index (κ3) is 3.51. The van der Waals surface area contributed by atoms with Crippen LogP contribution >= 0.6 is 11.3 Å². The second-order valence-corrected chi connectivity index (χ2v) is 6.54. The summed E-state index contributed by atoms with van der Waals surface area (Å²) in [5.74, 6) is -0.126. The molecule has 122 valence electrons. The number of hydrogen-bond donors (Lipinski definition) is 2.